The standard InChI is InChI=1S/C13H10ClN3O/c14-9-1-2-11-10(5-9)13(8-3-4-15-6-8)16-7-12(18)17-11/h1-6,15H,7H2,(H,17,18). The van der Waals surface area contributed by atoms with E-state index >= 15 is 0 Å². The van der Waals surface area contributed by atoms with Crippen molar-refractivity contribution in [3.05, 3.63) is 52.8 Å². The summed E-state index contributed by atoms with van der Waals surface area (Å²) >= 11 is 6.02. The number of benzene rings is 1. The summed E-state index contributed by atoms with van der Waals surface area (Å²) < 4.78 is 0. The second-order valence-electron chi connectivity index (χ2n) is 4.00. The number of halogens is 1. The van der Waals surface area contributed by atoms with Crippen molar-refractivity contribution in [1.82, 2.24) is 4.98 Å². The summed E-state index contributed by atoms with van der Waals surface area (Å²) in [5.41, 5.74) is 3.29. The van der Waals surface area contributed by atoms with Crippen LogP contribution >= 0.6 is 11.6 Å². The number of benzodiazepines with no additional fused rings is 1. The molecule has 5 heteroatoms. The van der Waals surface area contributed by atoms with E-state index in [9.17, 15) is 4.79 Å². The molecular formula is C13H10ClN3O. The number of nitrogens with zero attached hydrogens (tertiary/aromatic N) is 1. The summed E-state index contributed by atoms with van der Waals surface area (Å²) in [4.78, 5) is 18.9. The molecule has 2 heterocycles. The van der Waals surface area contributed by atoms with Crippen molar-refractivity contribution in [2.24, 2.45) is 4.99 Å². The van der Waals surface area contributed by atoms with E-state index in [-0.39, 0.29) is 12.5 Å². The fourth-order valence-electron chi connectivity index (χ4n) is 1.97. The van der Waals surface area contributed by atoms with Crippen molar-refractivity contribution >= 4 is 28.9 Å². The Bertz CT molecular complexity index is 632. The number of rotatable bonds is 1. The summed E-state index contributed by atoms with van der Waals surface area (Å²) in [5.74, 6) is -0.121. The van der Waals surface area contributed by atoms with Crippen LogP contribution in [0.3, 0.4) is 0 Å². The number of fused-ring (bicyclic) bond motifs is 1. The molecule has 0 atom stereocenters. The number of carbonyl (C=O) groups is 1. The highest BCUT2D eigenvalue weighted by Gasteiger charge is 2.18. The number of amides is 1. The quantitative estimate of drug-likeness (QED) is 0.812. The third-order valence-corrected chi connectivity index (χ3v) is 3.00. The van der Waals surface area contributed by atoms with Gasteiger partial charge in [-0.3, -0.25) is 9.79 Å². The molecule has 18 heavy (non-hydrogen) atoms. The maximum absolute atomic E-state index is 11.6. The van der Waals surface area contributed by atoms with Crippen molar-refractivity contribution < 1.29 is 4.79 Å². The van der Waals surface area contributed by atoms with Gasteiger partial charge < -0.3 is 10.3 Å². The molecule has 1 aromatic carbocycles. The van der Waals surface area contributed by atoms with Crippen LogP contribution < -0.4 is 5.32 Å². The topological polar surface area (TPSA) is 57.2 Å². The minimum Gasteiger partial charge on any atom is -0.367 e. The average molecular weight is 260 g/mol. The Hall–Kier alpha value is -2.07. The third-order valence-electron chi connectivity index (χ3n) is 2.76. The van der Waals surface area contributed by atoms with Crippen molar-refractivity contribution in [3.8, 4) is 0 Å². The van der Waals surface area contributed by atoms with E-state index in [0.29, 0.717) is 5.02 Å². The van der Waals surface area contributed by atoms with E-state index in [1.807, 2.05) is 24.5 Å². The zero-order valence-electron chi connectivity index (χ0n) is 9.40. The molecule has 0 unspecified atom stereocenters. The fraction of sp³-hybridized carbons (Fsp3) is 0.0769. The van der Waals surface area contributed by atoms with Gasteiger partial charge >= 0.3 is 0 Å². The molecule has 0 spiro atoms. The molecule has 0 saturated heterocycles. The molecule has 1 aliphatic heterocycles. The number of aliphatic imine (C=N–C) groups is 1. The molecule has 0 bridgehead atoms. The monoisotopic (exact) mass is 259 g/mol. The van der Waals surface area contributed by atoms with E-state index in [2.05, 4.69) is 15.3 Å². The van der Waals surface area contributed by atoms with E-state index in [0.717, 1.165) is 22.5 Å². The number of aromatic nitrogens is 1. The van der Waals surface area contributed by atoms with Gasteiger partial charge in [-0.2, -0.15) is 0 Å². The van der Waals surface area contributed by atoms with Crippen LogP contribution in [-0.2, 0) is 4.79 Å². The third kappa shape index (κ3) is 1.91. The van der Waals surface area contributed by atoms with Gasteiger partial charge in [-0.15, -0.1) is 0 Å². The predicted octanol–water partition coefficient (Wildman–Crippen LogP) is 2.46. The molecule has 0 radical (unpaired) electrons. The minimum absolute atomic E-state index is 0.118. The van der Waals surface area contributed by atoms with Crippen LogP contribution in [-0.4, -0.2) is 23.1 Å². The Balaban J connectivity index is 2.20. The largest absolute Gasteiger partial charge is 0.367 e. The highest BCUT2D eigenvalue weighted by atomic mass is 35.5. The molecular weight excluding hydrogens is 250 g/mol. The summed E-state index contributed by atoms with van der Waals surface area (Å²) in [6.45, 7) is 0.118. The van der Waals surface area contributed by atoms with Gasteiger partial charge in [0.05, 0.1) is 11.4 Å². The van der Waals surface area contributed by atoms with Crippen LogP contribution in [0.15, 0.2) is 41.7 Å². The number of hydrogen-bond acceptors (Lipinski definition) is 2. The Labute approximate surface area is 109 Å². The van der Waals surface area contributed by atoms with Gasteiger partial charge in [0.1, 0.15) is 6.54 Å². The first-order chi connectivity index (χ1) is 8.74. The Morgan fingerprint density at radius 1 is 1.28 bits per heavy atom. The molecule has 1 amide bonds. The molecule has 0 aliphatic carbocycles. The number of aromatic amines is 1. The number of hydrogen-bond donors (Lipinski definition) is 2. The molecule has 90 valence electrons. The zero-order chi connectivity index (χ0) is 12.5. The summed E-state index contributed by atoms with van der Waals surface area (Å²) in [5, 5.41) is 3.44. The summed E-state index contributed by atoms with van der Waals surface area (Å²) in [6, 6.07) is 7.28. The van der Waals surface area contributed by atoms with Crippen LogP contribution in [0.4, 0.5) is 5.69 Å². The van der Waals surface area contributed by atoms with Gasteiger partial charge in [0.25, 0.3) is 0 Å². The number of H-pyrrole nitrogens is 1. The van der Waals surface area contributed by atoms with E-state index in [1.54, 1.807) is 12.1 Å². The lowest BCUT2D eigenvalue weighted by Gasteiger charge is -2.08. The van der Waals surface area contributed by atoms with Crippen LogP contribution in [0, 0.1) is 0 Å². The summed E-state index contributed by atoms with van der Waals surface area (Å²) in [7, 11) is 0. The zero-order valence-corrected chi connectivity index (χ0v) is 10.2. The number of nitrogens with one attached hydrogen (secondary N) is 2. The predicted molar refractivity (Wildman–Crippen MR) is 71.4 cm³/mol. The van der Waals surface area contributed by atoms with E-state index in [1.165, 1.54) is 0 Å². The number of carbonyl (C=O) groups excluding carboxylic acids is 1. The van der Waals surface area contributed by atoms with Crippen molar-refractivity contribution in [2.45, 2.75) is 0 Å². The first-order valence-electron chi connectivity index (χ1n) is 5.51. The molecule has 1 aliphatic rings. The Morgan fingerprint density at radius 3 is 2.94 bits per heavy atom. The van der Waals surface area contributed by atoms with Crippen molar-refractivity contribution in [3.63, 3.8) is 0 Å². The fourth-order valence-corrected chi connectivity index (χ4v) is 2.14. The van der Waals surface area contributed by atoms with Gasteiger partial charge in [0, 0.05) is 28.5 Å². The maximum atomic E-state index is 11.6. The highest BCUT2D eigenvalue weighted by molar-refractivity contribution is 6.31. The highest BCUT2D eigenvalue weighted by Crippen LogP contribution is 2.25. The number of anilines is 1. The molecule has 3 rings (SSSR count). The molecule has 2 aromatic rings. The van der Waals surface area contributed by atoms with Crippen LogP contribution in [0.5, 0.6) is 0 Å². The Morgan fingerprint density at radius 2 is 2.17 bits per heavy atom. The van der Waals surface area contributed by atoms with Gasteiger partial charge in [0.2, 0.25) is 5.91 Å². The maximum Gasteiger partial charge on any atom is 0.246 e. The average Bonchev–Trinajstić information content (AvgIpc) is 2.81. The van der Waals surface area contributed by atoms with E-state index < -0.39 is 0 Å². The van der Waals surface area contributed by atoms with E-state index in [4.69, 9.17) is 11.6 Å². The van der Waals surface area contributed by atoms with Crippen LogP contribution in [0.25, 0.3) is 0 Å². The van der Waals surface area contributed by atoms with Gasteiger partial charge in [-0.1, -0.05) is 11.6 Å². The van der Waals surface area contributed by atoms with Crippen LogP contribution in [0.2, 0.25) is 5.02 Å². The normalized spacial score (nSPS) is 14.5. The molecule has 0 fully saturated rings. The van der Waals surface area contributed by atoms with Gasteiger partial charge in [0.15, 0.2) is 0 Å². The second-order valence-corrected chi connectivity index (χ2v) is 4.44. The van der Waals surface area contributed by atoms with Gasteiger partial charge in [-0.25, -0.2) is 0 Å². The van der Waals surface area contributed by atoms with Crippen molar-refractivity contribution in [2.75, 3.05) is 11.9 Å². The summed E-state index contributed by atoms with van der Waals surface area (Å²) in [6.07, 6.45) is 3.67. The van der Waals surface area contributed by atoms with Crippen molar-refractivity contribution in [1.29, 1.82) is 0 Å². The minimum atomic E-state index is -0.121. The molecule has 4 nitrogen and oxygen atoms in total. The van der Waals surface area contributed by atoms with Crippen LogP contribution in [0.1, 0.15) is 11.1 Å². The first-order valence-corrected chi connectivity index (χ1v) is 5.89. The lowest BCUT2D eigenvalue weighted by molar-refractivity contribution is -0.114. The SMILES string of the molecule is O=C1CN=C(c2cc[nH]c2)c2cc(Cl)ccc2N1. The molecule has 2 N–H and O–H groups in total. The van der Waals surface area contributed by atoms with Gasteiger partial charge in [-0.05, 0) is 24.3 Å². The smallest absolute Gasteiger partial charge is 0.246 e. The lowest BCUT2D eigenvalue weighted by Crippen LogP contribution is -2.13. The first kappa shape index (κ1) is 11.0. The molecule has 1 aromatic heterocycles. The lowest BCUT2D eigenvalue weighted by atomic mass is 10.0. The second kappa shape index (κ2) is 4.31. The Kier molecular flexibility index (Phi) is 2.64. The molecule has 0 saturated carbocycles.